The van der Waals surface area contributed by atoms with Crippen LogP contribution >= 0.6 is 0 Å². The fourth-order valence-corrected chi connectivity index (χ4v) is 2.62. The number of anilines is 2. The van der Waals surface area contributed by atoms with E-state index in [1.54, 1.807) is 0 Å². The summed E-state index contributed by atoms with van der Waals surface area (Å²) in [5.74, 6) is 0. The highest BCUT2D eigenvalue weighted by molar-refractivity contribution is 7.88. The standard InChI is InChI=1S/C16H27N3O4S/c1-5-11-23-16(20)18-15-8-7-14(12-13(15)3)19(6-2)10-9-17-24(4,21)22/h7-8,12,17H,5-6,9-11H2,1-4H3,(H,18,20). The Balaban J connectivity index is 2.71. The lowest BCUT2D eigenvalue weighted by molar-refractivity contribution is 0.161. The predicted molar refractivity (Wildman–Crippen MR) is 97.2 cm³/mol. The summed E-state index contributed by atoms with van der Waals surface area (Å²) in [5, 5.41) is 2.72. The summed E-state index contributed by atoms with van der Waals surface area (Å²) >= 11 is 0. The topological polar surface area (TPSA) is 87.7 Å². The number of benzene rings is 1. The number of nitrogens with one attached hydrogen (secondary N) is 2. The minimum atomic E-state index is -3.18. The molecule has 0 fully saturated rings. The Morgan fingerprint density at radius 3 is 2.54 bits per heavy atom. The molecular weight excluding hydrogens is 330 g/mol. The summed E-state index contributed by atoms with van der Waals surface area (Å²) in [6.45, 7) is 7.89. The molecule has 1 rings (SSSR count). The van der Waals surface area contributed by atoms with E-state index < -0.39 is 16.1 Å². The number of ether oxygens (including phenoxy) is 1. The maximum absolute atomic E-state index is 11.6. The van der Waals surface area contributed by atoms with Gasteiger partial charge in [-0.2, -0.15) is 0 Å². The normalized spacial score (nSPS) is 11.2. The van der Waals surface area contributed by atoms with Gasteiger partial charge in [-0.25, -0.2) is 17.9 Å². The zero-order valence-corrected chi connectivity index (χ0v) is 15.6. The molecule has 0 aliphatic carbocycles. The number of sulfonamides is 1. The van der Waals surface area contributed by atoms with E-state index in [-0.39, 0.29) is 0 Å². The molecule has 0 atom stereocenters. The number of hydrogen-bond donors (Lipinski definition) is 2. The third-order valence-corrected chi connectivity index (χ3v) is 4.11. The maximum atomic E-state index is 11.6. The van der Waals surface area contributed by atoms with Crippen LogP contribution in [0.5, 0.6) is 0 Å². The maximum Gasteiger partial charge on any atom is 0.411 e. The van der Waals surface area contributed by atoms with Crippen LogP contribution < -0.4 is 14.9 Å². The van der Waals surface area contributed by atoms with Gasteiger partial charge in [-0.1, -0.05) is 6.92 Å². The van der Waals surface area contributed by atoms with Gasteiger partial charge >= 0.3 is 6.09 Å². The second-order valence-corrected chi connectivity index (χ2v) is 7.34. The SMILES string of the molecule is CCCOC(=O)Nc1ccc(N(CC)CCNS(C)(=O)=O)cc1C. The molecule has 8 heteroatoms. The second-order valence-electron chi connectivity index (χ2n) is 5.51. The summed E-state index contributed by atoms with van der Waals surface area (Å²) in [4.78, 5) is 13.7. The van der Waals surface area contributed by atoms with Crippen molar-refractivity contribution in [2.45, 2.75) is 27.2 Å². The van der Waals surface area contributed by atoms with E-state index in [1.807, 2.05) is 39.0 Å². The van der Waals surface area contributed by atoms with Crippen molar-refractivity contribution >= 4 is 27.5 Å². The molecule has 0 saturated carbocycles. The number of carbonyl (C=O) groups is 1. The molecule has 0 unspecified atom stereocenters. The molecule has 1 aromatic carbocycles. The van der Waals surface area contributed by atoms with E-state index >= 15 is 0 Å². The minimum absolute atomic E-state index is 0.342. The van der Waals surface area contributed by atoms with Crippen LogP contribution in [-0.4, -0.2) is 47.0 Å². The van der Waals surface area contributed by atoms with E-state index in [2.05, 4.69) is 14.9 Å². The van der Waals surface area contributed by atoms with Gasteiger partial charge in [-0.3, -0.25) is 5.32 Å². The lowest BCUT2D eigenvalue weighted by atomic mass is 10.1. The van der Waals surface area contributed by atoms with E-state index in [4.69, 9.17) is 4.74 Å². The first-order valence-corrected chi connectivity index (χ1v) is 9.90. The summed E-state index contributed by atoms with van der Waals surface area (Å²) in [6.07, 6.45) is 1.46. The van der Waals surface area contributed by atoms with Gasteiger partial charge in [0.15, 0.2) is 0 Å². The zero-order valence-electron chi connectivity index (χ0n) is 14.8. The average molecular weight is 357 g/mol. The molecule has 0 heterocycles. The van der Waals surface area contributed by atoms with Gasteiger partial charge in [0.2, 0.25) is 10.0 Å². The largest absolute Gasteiger partial charge is 0.449 e. The highest BCUT2D eigenvalue weighted by Gasteiger charge is 2.10. The molecule has 0 bridgehead atoms. The Kier molecular flexibility index (Phi) is 8.00. The molecule has 0 saturated heterocycles. The first-order valence-electron chi connectivity index (χ1n) is 8.00. The molecule has 0 aliphatic rings. The van der Waals surface area contributed by atoms with Gasteiger partial charge in [0.1, 0.15) is 0 Å². The molecule has 7 nitrogen and oxygen atoms in total. The van der Waals surface area contributed by atoms with Crippen molar-refractivity contribution in [3.8, 4) is 0 Å². The molecule has 136 valence electrons. The van der Waals surface area contributed by atoms with Gasteiger partial charge in [0.05, 0.1) is 12.9 Å². The van der Waals surface area contributed by atoms with Crippen LogP contribution in [0.4, 0.5) is 16.2 Å². The Morgan fingerprint density at radius 1 is 1.29 bits per heavy atom. The molecule has 0 aromatic heterocycles. The number of rotatable bonds is 9. The molecule has 0 aliphatic heterocycles. The molecule has 1 amide bonds. The van der Waals surface area contributed by atoms with Gasteiger partial charge in [-0.05, 0) is 44.0 Å². The third kappa shape index (κ3) is 7.18. The average Bonchev–Trinajstić information content (AvgIpc) is 2.50. The third-order valence-electron chi connectivity index (χ3n) is 3.38. The number of carbonyl (C=O) groups excluding carboxylic acids is 1. The number of nitrogens with zero attached hydrogens (tertiary/aromatic N) is 1. The highest BCUT2D eigenvalue weighted by atomic mass is 32.2. The fourth-order valence-electron chi connectivity index (χ4n) is 2.16. The van der Waals surface area contributed by atoms with Crippen LogP contribution in [0, 0.1) is 6.92 Å². The Labute approximate surface area is 144 Å². The van der Waals surface area contributed by atoms with Crippen molar-refractivity contribution in [2.75, 3.05) is 42.7 Å². The van der Waals surface area contributed by atoms with Gasteiger partial charge in [0.25, 0.3) is 0 Å². The Morgan fingerprint density at radius 2 is 2.00 bits per heavy atom. The molecule has 2 N–H and O–H groups in total. The van der Waals surface area contributed by atoms with Crippen LogP contribution in [-0.2, 0) is 14.8 Å². The van der Waals surface area contributed by atoms with Crippen molar-refractivity contribution in [1.82, 2.24) is 4.72 Å². The van der Waals surface area contributed by atoms with Crippen molar-refractivity contribution in [1.29, 1.82) is 0 Å². The number of likely N-dealkylation sites (N-methyl/N-ethyl adjacent to an activating group) is 1. The van der Waals surface area contributed by atoms with Crippen molar-refractivity contribution < 1.29 is 17.9 Å². The number of amides is 1. The van der Waals surface area contributed by atoms with Gasteiger partial charge < -0.3 is 9.64 Å². The Bertz CT molecular complexity index is 647. The fraction of sp³-hybridized carbons (Fsp3) is 0.562. The van der Waals surface area contributed by atoms with Gasteiger partial charge in [-0.15, -0.1) is 0 Å². The lowest BCUT2D eigenvalue weighted by Crippen LogP contribution is -2.34. The lowest BCUT2D eigenvalue weighted by Gasteiger charge is -2.24. The second kappa shape index (κ2) is 9.48. The van der Waals surface area contributed by atoms with Crippen molar-refractivity contribution in [2.24, 2.45) is 0 Å². The molecule has 1 aromatic rings. The van der Waals surface area contributed by atoms with E-state index in [0.29, 0.717) is 25.4 Å². The first-order chi connectivity index (χ1) is 11.3. The van der Waals surface area contributed by atoms with E-state index in [1.165, 1.54) is 0 Å². The summed E-state index contributed by atoms with van der Waals surface area (Å²) in [6, 6.07) is 5.68. The molecular formula is C16H27N3O4S. The van der Waals surface area contributed by atoms with Crippen LogP contribution in [0.1, 0.15) is 25.8 Å². The minimum Gasteiger partial charge on any atom is -0.449 e. The summed E-state index contributed by atoms with van der Waals surface area (Å²) in [5.41, 5.74) is 2.58. The summed E-state index contributed by atoms with van der Waals surface area (Å²) in [7, 11) is -3.18. The highest BCUT2D eigenvalue weighted by Crippen LogP contribution is 2.22. The zero-order chi connectivity index (χ0) is 18.2. The molecule has 0 radical (unpaired) electrons. The number of aryl methyl sites for hydroxylation is 1. The summed E-state index contributed by atoms with van der Waals surface area (Å²) < 4.78 is 29.8. The predicted octanol–water partition coefficient (Wildman–Crippen LogP) is 2.33. The quantitative estimate of drug-likeness (QED) is 0.708. The van der Waals surface area contributed by atoms with Crippen LogP contribution in [0.15, 0.2) is 18.2 Å². The Hall–Kier alpha value is -1.80. The smallest absolute Gasteiger partial charge is 0.411 e. The number of hydrogen-bond acceptors (Lipinski definition) is 5. The van der Waals surface area contributed by atoms with E-state index in [9.17, 15) is 13.2 Å². The molecule has 0 spiro atoms. The van der Waals surface area contributed by atoms with Crippen LogP contribution in [0.3, 0.4) is 0 Å². The van der Waals surface area contributed by atoms with Crippen molar-refractivity contribution in [3.05, 3.63) is 23.8 Å². The van der Waals surface area contributed by atoms with Crippen LogP contribution in [0.25, 0.3) is 0 Å². The van der Waals surface area contributed by atoms with E-state index in [0.717, 1.165) is 30.5 Å². The van der Waals surface area contributed by atoms with Crippen LogP contribution in [0.2, 0.25) is 0 Å². The monoisotopic (exact) mass is 357 g/mol. The van der Waals surface area contributed by atoms with Gasteiger partial charge in [0, 0.05) is 31.0 Å². The first kappa shape index (κ1) is 20.2. The van der Waals surface area contributed by atoms with Crippen molar-refractivity contribution in [3.63, 3.8) is 0 Å². The molecule has 24 heavy (non-hydrogen) atoms.